The number of hydrogen-bond acceptors (Lipinski definition) is 2. The van der Waals surface area contributed by atoms with E-state index in [9.17, 15) is 4.79 Å². The number of carbonyl (C=O) groups excluding carboxylic acids is 1. The monoisotopic (exact) mass is 309 g/mol. The third-order valence-electron chi connectivity index (χ3n) is 5.50. The van der Waals surface area contributed by atoms with E-state index in [1.54, 1.807) is 6.20 Å². The van der Waals surface area contributed by atoms with Gasteiger partial charge in [-0.25, -0.2) is 4.79 Å². The molecule has 2 aromatic rings. The van der Waals surface area contributed by atoms with Crippen LogP contribution in [0.5, 0.6) is 0 Å². The Morgan fingerprint density at radius 3 is 2.91 bits per heavy atom. The maximum Gasteiger partial charge on any atom is 0.321 e. The first-order chi connectivity index (χ1) is 11.3. The van der Waals surface area contributed by atoms with Crippen LogP contribution in [0, 0.1) is 11.8 Å². The molecule has 4 nitrogen and oxygen atoms in total. The average molecular weight is 309 g/mol. The Hall–Kier alpha value is -2.10. The molecule has 2 amide bonds. The largest absolute Gasteiger partial charge is 0.324 e. The van der Waals surface area contributed by atoms with Gasteiger partial charge in [0.2, 0.25) is 0 Å². The van der Waals surface area contributed by atoms with E-state index in [0.717, 1.165) is 41.9 Å². The van der Waals surface area contributed by atoms with Crippen LogP contribution in [0.2, 0.25) is 0 Å². The molecule has 2 aliphatic rings. The number of fused-ring (bicyclic) bond motifs is 2. The summed E-state index contributed by atoms with van der Waals surface area (Å²) in [5, 5.41) is 5.21. The molecule has 2 heterocycles. The molecule has 1 aromatic heterocycles. The fourth-order valence-electron chi connectivity index (χ4n) is 4.21. The van der Waals surface area contributed by atoms with Crippen LogP contribution in [0.15, 0.2) is 36.7 Å². The van der Waals surface area contributed by atoms with E-state index in [0.29, 0.717) is 5.92 Å². The summed E-state index contributed by atoms with van der Waals surface area (Å²) in [6.45, 7) is 1.81. The Labute approximate surface area is 136 Å². The first-order valence-electron chi connectivity index (χ1n) is 8.70. The van der Waals surface area contributed by atoms with Gasteiger partial charge in [-0.1, -0.05) is 31.4 Å². The van der Waals surface area contributed by atoms with Crippen LogP contribution in [0.1, 0.15) is 32.1 Å². The molecule has 2 atom stereocenters. The normalized spacial score (nSPS) is 24.3. The molecule has 4 rings (SSSR count). The van der Waals surface area contributed by atoms with E-state index in [1.807, 2.05) is 35.4 Å². The number of piperidine rings is 1. The van der Waals surface area contributed by atoms with Crippen LogP contribution in [0.3, 0.4) is 0 Å². The van der Waals surface area contributed by atoms with Crippen molar-refractivity contribution in [1.29, 1.82) is 0 Å². The minimum atomic E-state index is 0.0401. The summed E-state index contributed by atoms with van der Waals surface area (Å²) in [5.74, 6) is 1.55. The molecule has 0 radical (unpaired) electrons. The highest BCUT2D eigenvalue weighted by atomic mass is 16.2. The Kier molecular flexibility index (Phi) is 3.90. The molecular weight excluding hydrogens is 286 g/mol. The van der Waals surface area contributed by atoms with Gasteiger partial charge in [0.25, 0.3) is 0 Å². The molecule has 4 heteroatoms. The number of carbonyl (C=O) groups is 1. The fraction of sp³-hybridized carbons (Fsp3) is 0.474. The molecule has 0 spiro atoms. The first kappa shape index (κ1) is 14.5. The molecule has 23 heavy (non-hydrogen) atoms. The van der Waals surface area contributed by atoms with Gasteiger partial charge in [0, 0.05) is 36.3 Å². The number of hydrogen-bond donors (Lipinski definition) is 1. The van der Waals surface area contributed by atoms with Gasteiger partial charge in [-0.2, -0.15) is 0 Å². The van der Waals surface area contributed by atoms with E-state index in [1.165, 1.54) is 25.7 Å². The van der Waals surface area contributed by atoms with Crippen molar-refractivity contribution in [3.05, 3.63) is 36.7 Å². The number of benzene rings is 1. The van der Waals surface area contributed by atoms with Gasteiger partial charge in [0.15, 0.2) is 0 Å². The van der Waals surface area contributed by atoms with Crippen LogP contribution >= 0.6 is 0 Å². The number of aromatic nitrogens is 1. The Morgan fingerprint density at radius 1 is 1.13 bits per heavy atom. The first-order valence-corrected chi connectivity index (χ1v) is 8.70. The molecule has 1 saturated carbocycles. The minimum absolute atomic E-state index is 0.0401. The van der Waals surface area contributed by atoms with E-state index in [2.05, 4.69) is 10.3 Å². The zero-order valence-electron chi connectivity index (χ0n) is 13.4. The van der Waals surface area contributed by atoms with Crippen molar-refractivity contribution in [2.45, 2.75) is 32.1 Å². The molecule has 1 N–H and O–H groups in total. The second-order valence-corrected chi connectivity index (χ2v) is 6.87. The number of amides is 2. The lowest BCUT2D eigenvalue weighted by atomic mass is 9.75. The predicted octanol–water partition coefficient (Wildman–Crippen LogP) is 4.28. The molecular formula is C19H23N3O. The van der Waals surface area contributed by atoms with Crippen LogP contribution in [0.4, 0.5) is 10.5 Å². The molecule has 120 valence electrons. The summed E-state index contributed by atoms with van der Waals surface area (Å²) in [4.78, 5) is 18.8. The van der Waals surface area contributed by atoms with Gasteiger partial charge in [-0.05, 0) is 36.8 Å². The van der Waals surface area contributed by atoms with Crippen LogP contribution < -0.4 is 5.32 Å². The molecule has 2 fully saturated rings. The lowest BCUT2D eigenvalue weighted by molar-refractivity contribution is 0.108. The molecule has 1 aromatic carbocycles. The number of likely N-dealkylation sites (tertiary alicyclic amines) is 1. The molecule has 1 saturated heterocycles. The van der Waals surface area contributed by atoms with Crippen molar-refractivity contribution in [3.63, 3.8) is 0 Å². The Balaban J connectivity index is 1.49. The van der Waals surface area contributed by atoms with Crippen molar-refractivity contribution in [2.24, 2.45) is 11.8 Å². The highest BCUT2D eigenvalue weighted by Gasteiger charge is 2.32. The smallest absolute Gasteiger partial charge is 0.321 e. The second-order valence-electron chi connectivity index (χ2n) is 6.87. The summed E-state index contributed by atoms with van der Waals surface area (Å²) in [6, 6.07) is 7.95. The van der Waals surface area contributed by atoms with Crippen molar-refractivity contribution >= 4 is 22.5 Å². The zero-order chi connectivity index (χ0) is 15.6. The highest BCUT2D eigenvalue weighted by molar-refractivity contribution is 6.01. The topological polar surface area (TPSA) is 45.2 Å². The molecule has 2 unspecified atom stereocenters. The standard InChI is InChI=1S/C19H23N3O/c23-19(22-11-9-14-4-1-2-5-16(14)13-22)21-18-7-3-6-15-12-20-10-8-17(15)18/h3,6-8,10,12,14,16H,1-2,4-5,9,11,13H2,(H,21,23). The third-order valence-corrected chi connectivity index (χ3v) is 5.50. The number of anilines is 1. The van der Waals surface area contributed by atoms with Crippen molar-refractivity contribution in [1.82, 2.24) is 9.88 Å². The summed E-state index contributed by atoms with van der Waals surface area (Å²) in [5.41, 5.74) is 0.876. The summed E-state index contributed by atoms with van der Waals surface area (Å²) in [7, 11) is 0. The summed E-state index contributed by atoms with van der Waals surface area (Å²) < 4.78 is 0. The number of nitrogens with zero attached hydrogens (tertiary/aromatic N) is 2. The number of nitrogens with one attached hydrogen (secondary N) is 1. The number of pyridine rings is 1. The minimum Gasteiger partial charge on any atom is -0.324 e. The fourth-order valence-corrected chi connectivity index (χ4v) is 4.21. The van der Waals surface area contributed by atoms with E-state index >= 15 is 0 Å². The molecule has 0 bridgehead atoms. The quantitative estimate of drug-likeness (QED) is 0.854. The SMILES string of the molecule is O=C(Nc1cccc2cnccc12)N1CCC2CCCCC2C1. The van der Waals surface area contributed by atoms with Crippen molar-refractivity contribution in [2.75, 3.05) is 18.4 Å². The summed E-state index contributed by atoms with van der Waals surface area (Å²) in [6.07, 6.45) is 10.1. The van der Waals surface area contributed by atoms with E-state index < -0.39 is 0 Å². The zero-order valence-corrected chi connectivity index (χ0v) is 13.4. The van der Waals surface area contributed by atoms with Gasteiger partial charge in [-0.15, -0.1) is 0 Å². The number of rotatable bonds is 1. The van der Waals surface area contributed by atoms with Crippen LogP contribution in [-0.2, 0) is 0 Å². The lowest BCUT2D eigenvalue weighted by Gasteiger charge is -2.41. The van der Waals surface area contributed by atoms with Crippen LogP contribution in [0.25, 0.3) is 10.8 Å². The Bertz CT molecular complexity index is 709. The van der Waals surface area contributed by atoms with E-state index in [-0.39, 0.29) is 6.03 Å². The van der Waals surface area contributed by atoms with Gasteiger partial charge in [0.1, 0.15) is 0 Å². The molecule has 1 aliphatic carbocycles. The van der Waals surface area contributed by atoms with Crippen LogP contribution in [-0.4, -0.2) is 29.0 Å². The number of urea groups is 1. The van der Waals surface area contributed by atoms with Crippen molar-refractivity contribution < 1.29 is 4.79 Å². The predicted molar refractivity (Wildman–Crippen MR) is 92.4 cm³/mol. The Morgan fingerprint density at radius 2 is 2.00 bits per heavy atom. The summed E-state index contributed by atoms with van der Waals surface area (Å²) >= 11 is 0. The van der Waals surface area contributed by atoms with Gasteiger partial charge in [0.05, 0.1) is 5.69 Å². The van der Waals surface area contributed by atoms with Gasteiger partial charge < -0.3 is 10.2 Å². The highest BCUT2D eigenvalue weighted by Crippen LogP contribution is 2.36. The maximum absolute atomic E-state index is 12.7. The van der Waals surface area contributed by atoms with Gasteiger partial charge in [-0.3, -0.25) is 4.98 Å². The average Bonchev–Trinajstić information content (AvgIpc) is 2.61. The third kappa shape index (κ3) is 2.90. The van der Waals surface area contributed by atoms with E-state index in [4.69, 9.17) is 0 Å². The molecule has 1 aliphatic heterocycles. The lowest BCUT2D eigenvalue weighted by Crippen LogP contribution is -2.46. The maximum atomic E-state index is 12.7. The van der Waals surface area contributed by atoms with Gasteiger partial charge >= 0.3 is 6.03 Å². The van der Waals surface area contributed by atoms with Crippen molar-refractivity contribution in [3.8, 4) is 0 Å². The second kappa shape index (κ2) is 6.19.